The van der Waals surface area contributed by atoms with Crippen LogP contribution in [0.3, 0.4) is 0 Å². The lowest BCUT2D eigenvalue weighted by Gasteiger charge is -2.12. The number of amides is 3. The van der Waals surface area contributed by atoms with Crippen molar-refractivity contribution in [1.82, 2.24) is 25.4 Å². The summed E-state index contributed by atoms with van der Waals surface area (Å²) >= 11 is 1.30. The zero-order chi connectivity index (χ0) is 16.9. The molecule has 0 atom stereocenters. The molecule has 3 amide bonds. The number of carbonyl (C=O) groups excluding carboxylic acids is 2. The molecular formula is C16H23N5O2S. The first-order chi connectivity index (χ1) is 11.7. The lowest BCUT2D eigenvalue weighted by Crippen LogP contribution is -2.44. The standard InChI is InChI=1S/C16H23N5O2S/c1-2-9-21-14(11-7-8-11)19-20-16(21)24-10-13(22)18-15(23)17-12-5-3-4-6-12/h2,11-12H,1,3-10H2,(H2,17,18,22,23). The van der Waals surface area contributed by atoms with Gasteiger partial charge in [0.2, 0.25) is 5.91 Å². The van der Waals surface area contributed by atoms with Crippen LogP contribution in [0.5, 0.6) is 0 Å². The minimum Gasteiger partial charge on any atom is -0.335 e. The third-order valence-corrected chi connectivity index (χ3v) is 5.24. The van der Waals surface area contributed by atoms with E-state index in [-0.39, 0.29) is 17.7 Å². The molecule has 8 heteroatoms. The van der Waals surface area contributed by atoms with E-state index < -0.39 is 6.03 Å². The van der Waals surface area contributed by atoms with Crippen molar-refractivity contribution in [3.8, 4) is 0 Å². The number of thioether (sulfide) groups is 1. The maximum Gasteiger partial charge on any atom is 0.321 e. The molecule has 7 nitrogen and oxygen atoms in total. The maximum absolute atomic E-state index is 12.0. The zero-order valence-electron chi connectivity index (χ0n) is 13.7. The van der Waals surface area contributed by atoms with Crippen LogP contribution in [0.2, 0.25) is 0 Å². The lowest BCUT2D eigenvalue weighted by molar-refractivity contribution is -0.117. The van der Waals surface area contributed by atoms with Gasteiger partial charge in [-0.3, -0.25) is 10.1 Å². The highest BCUT2D eigenvalue weighted by molar-refractivity contribution is 7.99. The van der Waals surface area contributed by atoms with E-state index in [2.05, 4.69) is 27.4 Å². The molecule has 2 N–H and O–H groups in total. The maximum atomic E-state index is 12.0. The first-order valence-electron chi connectivity index (χ1n) is 8.44. The Kier molecular flexibility index (Phi) is 5.55. The van der Waals surface area contributed by atoms with Crippen LogP contribution in [-0.4, -0.2) is 38.5 Å². The fourth-order valence-corrected chi connectivity index (χ4v) is 3.69. The second-order valence-corrected chi connectivity index (χ2v) is 7.25. The molecule has 2 aliphatic rings. The SMILES string of the molecule is C=CCn1c(SCC(=O)NC(=O)NC2CCCC2)nnc1C1CC1. The molecular weight excluding hydrogens is 326 g/mol. The summed E-state index contributed by atoms with van der Waals surface area (Å²) in [7, 11) is 0. The summed E-state index contributed by atoms with van der Waals surface area (Å²) in [5.41, 5.74) is 0. The number of imide groups is 1. The normalized spacial score (nSPS) is 17.7. The molecule has 2 fully saturated rings. The summed E-state index contributed by atoms with van der Waals surface area (Å²) in [6.07, 6.45) is 8.34. The highest BCUT2D eigenvalue weighted by Crippen LogP contribution is 2.40. The van der Waals surface area contributed by atoms with Crippen molar-refractivity contribution in [2.45, 2.75) is 62.2 Å². The molecule has 2 aliphatic carbocycles. The quantitative estimate of drug-likeness (QED) is 0.582. The monoisotopic (exact) mass is 349 g/mol. The van der Waals surface area contributed by atoms with Crippen LogP contribution in [0.1, 0.15) is 50.3 Å². The molecule has 0 saturated heterocycles. The van der Waals surface area contributed by atoms with Gasteiger partial charge in [-0.15, -0.1) is 16.8 Å². The first kappa shape index (κ1) is 17.0. The van der Waals surface area contributed by atoms with Gasteiger partial charge in [0, 0.05) is 18.5 Å². The van der Waals surface area contributed by atoms with Gasteiger partial charge in [-0.1, -0.05) is 30.7 Å². The van der Waals surface area contributed by atoms with Crippen molar-refractivity contribution in [3.05, 3.63) is 18.5 Å². The van der Waals surface area contributed by atoms with Gasteiger partial charge in [-0.05, 0) is 25.7 Å². The Hall–Kier alpha value is -1.83. The number of carbonyl (C=O) groups is 2. The van der Waals surface area contributed by atoms with Crippen molar-refractivity contribution in [2.24, 2.45) is 0 Å². The van der Waals surface area contributed by atoms with Gasteiger partial charge in [0.05, 0.1) is 5.75 Å². The predicted molar refractivity (Wildman–Crippen MR) is 91.8 cm³/mol. The van der Waals surface area contributed by atoms with Crippen LogP contribution in [-0.2, 0) is 11.3 Å². The number of hydrogen-bond acceptors (Lipinski definition) is 5. The fourth-order valence-electron chi connectivity index (χ4n) is 2.94. The summed E-state index contributed by atoms with van der Waals surface area (Å²) < 4.78 is 2.00. The van der Waals surface area contributed by atoms with Crippen LogP contribution < -0.4 is 10.6 Å². The second kappa shape index (κ2) is 7.83. The Bertz CT molecular complexity index is 620. The van der Waals surface area contributed by atoms with Crippen molar-refractivity contribution in [2.75, 3.05) is 5.75 Å². The number of allylic oxidation sites excluding steroid dienone is 1. The molecule has 24 heavy (non-hydrogen) atoms. The number of nitrogens with one attached hydrogen (secondary N) is 2. The molecule has 1 aromatic heterocycles. The third-order valence-electron chi connectivity index (χ3n) is 4.28. The van der Waals surface area contributed by atoms with Gasteiger partial charge in [0.15, 0.2) is 5.16 Å². The van der Waals surface area contributed by atoms with Gasteiger partial charge in [-0.2, -0.15) is 0 Å². The molecule has 0 radical (unpaired) electrons. The van der Waals surface area contributed by atoms with E-state index >= 15 is 0 Å². The summed E-state index contributed by atoms with van der Waals surface area (Å²) in [5.74, 6) is 1.27. The molecule has 1 aromatic rings. The first-order valence-corrected chi connectivity index (χ1v) is 9.43. The fraction of sp³-hybridized carbons (Fsp3) is 0.625. The predicted octanol–water partition coefficient (Wildman–Crippen LogP) is 2.20. The Balaban J connectivity index is 1.48. The molecule has 0 spiro atoms. The van der Waals surface area contributed by atoms with Gasteiger partial charge in [0.1, 0.15) is 5.82 Å². The molecule has 0 unspecified atom stereocenters. The Morgan fingerprint density at radius 2 is 2.00 bits per heavy atom. The third kappa shape index (κ3) is 4.37. The van der Waals surface area contributed by atoms with Gasteiger partial charge in [-0.25, -0.2) is 4.79 Å². The van der Waals surface area contributed by atoms with Gasteiger partial charge < -0.3 is 9.88 Å². The molecule has 1 heterocycles. The number of aromatic nitrogens is 3. The van der Waals surface area contributed by atoms with E-state index in [1.165, 1.54) is 11.8 Å². The summed E-state index contributed by atoms with van der Waals surface area (Å²) in [4.78, 5) is 23.7. The van der Waals surface area contributed by atoms with E-state index in [0.717, 1.165) is 44.3 Å². The van der Waals surface area contributed by atoms with Crippen LogP contribution in [0, 0.1) is 0 Å². The van der Waals surface area contributed by atoms with Crippen LogP contribution in [0.4, 0.5) is 4.79 Å². The highest BCUT2D eigenvalue weighted by Gasteiger charge is 2.30. The second-order valence-electron chi connectivity index (χ2n) is 6.31. The van der Waals surface area contributed by atoms with E-state index in [1.54, 1.807) is 6.08 Å². The molecule has 130 valence electrons. The lowest BCUT2D eigenvalue weighted by atomic mass is 10.2. The Morgan fingerprint density at radius 3 is 2.67 bits per heavy atom. The van der Waals surface area contributed by atoms with E-state index in [0.29, 0.717) is 17.6 Å². The minimum atomic E-state index is -0.404. The molecule has 0 aliphatic heterocycles. The smallest absolute Gasteiger partial charge is 0.321 e. The zero-order valence-corrected chi connectivity index (χ0v) is 14.5. The topological polar surface area (TPSA) is 88.9 Å². The largest absolute Gasteiger partial charge is 0.335 e. The summed E-state index contributed by atoms with van der Waals surface area (Å²) in [5, 5.41) is 14.3. The van der Waals surface area contributed by atoms with Gasteiger partial charge in [0.25, 0.3) is 0 Å². The van der Waals surface area contributed by atoms with Crippen molar-refractivity contribution in [3.63, 3.8) is 0 Å². The van der Waals surface area contributed by atoms with Crippen LogP contribution in [0.25, 0.3) is 0 Å². The number of rotatable bonds is 7. The molecule has 0 aromatic carbocycles. The average molecular weight is 349 g/mol. The van der Waals surface area contributed by atoms with Crippen LogP contribution in [0.15, 0.2) is 17.8 Å². The van der Waals surface area contributed by atoms with Crippen LogP contribution >= 0.6 is 11.8 Å². The number of urea groups is 1. The van der Waals surface area contributed by atoms with E-state index in [4.69, 9.17) is 0 Å². The number of nitrogens with zero attached hydrogens (tertiary/aromatic N) is 3. The summed E-state index contributed by atoms with van der Waals surface area (Å²) in [6, 6.07) is -0.207. The summed E-state index contributed by atoms with van der Waals surface area (Å²) in [6.45, 7) is 4.39. The van der Waals surface area contributed by atoms with Gasteiger partial charge >= 0.3 is 6.03 Å². The van der Waals surface area contributed by atoms with Crippen molar-refractivity contribution >= 4 is 23.7 Å². The molecule has 3 rings (SSSR count). The van der Waals surface area contributed by atoms with E-state index in [9.17, 15) is 9.59 Å². The Labute approximate surface area is 145 Å². The number of hydrogen-bond donors (Lipinski definition) is 2. The van der Waals surface area contributed by atoms with Crippen molar-refractivity contribution in [1.29, 1.82) is 0 Å². The highest BCUT2D eigenvalue weighted by atomic mass is 32.2. The minimum absolute atomic E-state index is 0.137. The van der Waals surface area contributed by atoms with E-state index in [1.807, 2.05) is 4.57 Å². The Morgan fingerprint density at radius 1 is 1.25 bits per heavy atom. The molecule has 2 saturated carbocycles. The molecule has 0 bridgehead atoms. The van der Waals surface area contributed by atoms with Crippen molar-refractivity contribution < 1.29 is 9.59 Å². The average Bonchev–Trinajstić information content (AvgIpc) is 3.12.